The van der Waals surface area contributed by atoms with Gasteiger partial charge in [0.15, 0.2) is 0 Å². The van der Waals surface area contributed by atoms with Crippen LogP contribution in [0.1, 0.15) is 30.3 Å². The highest BCUT2D eigenvalue weighted by molar-refractivity contribution is 6.30. The molecule has 138 valence electrons. The Bertz CT molecular complexity index is 727. The molecule has 2 heterocycles. The maximum absolute atomic E-state index is 12.7. The van der Waals surface area contributed by atoms with Crippen molar-refractivity contribution >= 4 is 28.9 Å². The first-order chi connectivity index (χ1) is 12.7. The summed E-state index contributed by atoms with van der Waals surface area (Å²) in [7, 11) is 0. The number of pyridine rings is 1. The van der Waals surface area contributed by atoms with Crippen LogP contribution in [0.15, 0.2) is 42.6 Å². The van der Waals surface area contributed by atoms with E-state index in [2.05, 4.69) is 28.2 Å². The molecule has 0 saturated carbocycles. The van der Waals surface area contributed by atoms with Crippen molar-refractivity contribution in [3.63, 3.8) is 0 Å². The lowest BCUT2D eigenvalue weighted by molar-refractivity contribution is 0.0741. The van der Waals surface area contributed by atoms with Crippen LogP contribution in [0.2, 0.25) is 5.02 Å². The molecular weight excluding hydrogens is 348 g/mol. The molecular formula is C20H25ClN4O. The summed E-state index contributed by atoms with van der Waals surface area (Å²) in [5.74, 6) is -0.00384. The lowest BCUT2D eigenvalue weighted by Crippen LogP contribution is -2.49. The van der Waals surface area contributed by atoms with E-state index in [-0.39, 0.29) is 5.91 Å². The number of carbonyl (C=O) groups excluding carboxylic acids is 1. The zero-order chi connectivity index (χ0) is 18.4. The van der Waals surface area contributed by atoms with Gasteiger partial charge in [-0.05, 0) is 36.8 Å². The summed E-state index contributed by atoms with van der Waals surface area (Å²) in [6.45, 7) is 6.04. The fourth-order valence-corrected chi connectivity index (χ4v) is 3.22. The second-order valence-electron chi connectivity index (χ2n) is 6.47. The van der Waals surface area contributed by atoms with E-state index in [0.29, 0.717) is 18.8 Å². The summed E-state index contributed by atoms with van der Waals surface area (Å²) in [5, 5.41) is 4.05. The predicted molar refractivity (Wildman–Crippen MR) is 107 cm³/mol. The highest BCUT2D eigenvalue weighted by Crippen LogP contribution is 2.21. The molecule has 1 aromatic carbocycles. The number of carbonyl (C=O) groups is 1. The van der Waals surface area contributed by atoms with E-state index in [1.165, 1.54) is 0 Å². The van der Waals surface area contributed by atoms with Crippen LogP contribution in [0.4, 0.5) is 11.4 Å². The predicted octanol–water partition coefficient (Wildman–Crippen LogP) is 3.91. The molecule has 6 heteroatoms. The van der Waals surface area contributed by atoms with Gasteiger partial charge in [-0.15, -0.1) is 0 Å². The third kappa shape index (κ3) is 4.67. The number of anilines is 2. The van der Waals surface area contributed by atoms with E-state index in [0.717, 1.165) is 48.9 Å². The Kier molecular flexibility index (Phi) is 6.34. The van der Waals surface area contributed by atoms with Crippen molar-refractivity contribution in [3.05, 3.63) is 53.3 Å². The first-order valence-corrected chi connectivity index (χ1v) is 9.55. The van der Waals surface area contributed by atoms with Gasteiger partial charge in [0.1, 0.15) is 5.69 Å². The van der Waals surface area contributed by atoms with E-state index in [9.17, 15) is 4.79 Å². The lowest BCUT2D eigenvalue weighted by atomic mass is 10.2. The lowest BCUT2D eigenvalue weighted by Gasteiger charge is -2.36. The minimum Gasteiger partial charge on any atom is -0.384 e. The first-order valence-electron chi connectivity index (χ1n) is 9.17. The summed E-state index contributed by atoms with van der Waals surface area (Å²) < 4.78 is 0. The van der Waals surface area contributed by atoms with Crippen molar-refractivity contribution < 1.29 is 4.79 Å². The van der Waals surface area contributed by atoms with Gasteiger partial charge < -0.3 is 15.1 Å². The van der Waals surface area contributed by atoms with Crippen LogP contribution in [-0.2, 0) is 0 Å². The second kappa shape index (κ2) is 8.90. The maximum Gasteiger partial charge on any atom is 0.272 e. The minimum absolute atomic E-state index is 0.00384. The average molecular weight is 373 g/mol. The summed E-state index contributed by atoms with van der Waals surface area (Å²) in [6.07, 6.45) is 4.01. The van der Waals surface area contributed by atoms with Crippen LogP contribution in [0, 0.1) is 0 Å². The second-order valence-corrected chi connectivity index (χ2v) is 6.91. The van der Waals surface area contributed by atoms with Gasteiger partial charge in [0.2, 0.25) is 0 Å². The number of amides is 1. The molecule has 1 amide bonds. The molecule has 0 spiro atoms. The molecule has 1 fully saturated rings. The molecule has 0 unspecified atom stereocenters. The summed E-state index contributed by atoms with van der Waals surface area (Å²) >= 11 is 6.07. The maximum atomic E-state index is 12.7. The van der Waals surface area contributed by atoms with E-state index >= 15 is 0 Å². The highest BCUT2D eigenvalue weighted by Gasteiger charge is 2.23. The third-order valence-corrected chi connectivity index (χ3v) is 4.82. The summed E-state index contributed by atoms with van der Waals surface area (Å²) in [5.41, 5.74) is 2.56. The molecule has 0 atom stereocenters. The van der Waals surface area contributed by atoms with Crippen LogP contribution >= 0.6 is 11.6 Å². The Morgan fingerprint density at radius 1 is 1.19 bits per heavy atom. The van der Waals surface area contributed by atoms with Gasteiger partial charge in [0.25, 0.3) is 5.91 Å². The van der Waals surface area contributed by atoms with Gasteiger partial charge in [-0.25, -0.2) is 4.98 Å². The van der Waals surface area contributed by atoms with E-state index in [1.54, 1.807) is 12.3 Å². The number of aromatic nitrogens is 1. The number of rotatable bonds is 6. The zero-order valence-electron chi connectivity index (χ0n) is 15.1. The van der Waals surface area contributed by atoms with Gasteiger partial charge in [-0.3, -0.25) is 4.79 Å². The molecule has 1 aromatic heterocycles. The number of piperazine rings is 1. The number of benzene rings is 1. The molecule has 5 nitrogen and oxygen atoms in total. The average Bonchev–Trinajstić information content (AvgIpc) is 2.68. The van der Waals surface area contributed by atoms with Crippen LogP contribution in [0.3, 0.4) is 0 Å². The van der Waals surface area contributed by atoms with Crippen LogP contribution in [0.25, 0.3) is 0 Å². The van der Waals surface area contributed by atoms with Crippen LogP contribution in [-0.4, -0.2) is 48.5 Å². The van der Waals surface area contributed by atoms with Crippen molar-refractivity contribution in [2.75, 3.05) is 42.9 Å². The largest absolute Gasteiger partial charge is 0.384 e. The summed E-state index contributed by atoms with van der Waals surface area (Å²) in [6, 6.07) is 11.6. The van der Waals surface area contributed by atoms with Gasteiger partial charge in [-0.1, -0.05) is 31.0 Å². The minimum atomic E-state index is -0.00384. The molecule has 0 aliphatic carbocycles. The molecule has 1 saturated heterocycles. The molecule has 26 heavy (non-hydrogen) atoms. The number of hydrogen-bond acceptors (Lipinski definition) is 4. The van der Waals surface area contributed by atoms with Crippen LogP contribution in [0.5, 0.6) is 0 Å². The van der Waals surface area contributed by atoms with Gasteiger partial charge >= 0.3 is 0 Å². The topological polar surface area (TPSA) is 48.5 Å². The number of hydrogen-bond donors (Lipinski definition) is 1. The summed E-state index contributed by atoms with van der Waals surface area (Å²) in [4.78, 5) is 21.1. The number of unbranched alkanes of at least 4 members (excludes halogenated alkanes) is 1. The first kappa shape index (κ1) is 18.5. The number of nitrogens with zero attached hydrogens (tertiary/aromatic N) is 3. The van der Waals surface area contributed by atoms with Crippen molar-refractivity contribution in [1.29, 1.82) is 0 Å². The molecule has 1 N–H and O–H groups in total. The normalized spacial score (nSPS) is 14.4. The Morgan fingerprint density at radius 3 is 2.65 bits per heavy atom. The van der Waals surface area contributed by atoms with E-state index < -0.39 is 0 Å². The molecule has 2 aromatic rings. The zero-order valence-corrected chi connectivity index (χ0v) is 15.9. The van der Waals surface area contributed by atoms with Crippen molar-refractivity contribution in [3.8, 4) is 0 Å². The number of nitrogens with one attached hydrogen (secondary N) is 1. The molecule has 0 radical (unpaired) electrons. The Labute approximate surface area is 160 Å². The van der Waals surface area contributed by atoms with Crippen molar-refractivity contribution in [2.24, 2.45) is 0 Å². The van der Waals surface area contributed by atoms with Crippen molar-refractivity contribution in [2.45, 2.75) is 19.8 Å². The smallest absolute Gasteiger partial charge is 0.272 e. The van der Waals surface area contributed by atoms with Gasteiger partial charge in [0.05, 0.1) is 11.9 Å². The third-order valence-electron chi connectivity index (χ3n) is 4.58. The monoisotopic (exact) mass is 372 g/mol. The molecule has 0 bridgehead atoms. The standard InChI is InChI=1S/C20H25ClN4O/c1-2-3-9-22-17-7-8-19(23-15-17)20(26)25-12-10-24(11-13-25)18-6-4-5-16(21)14-18/h4-8,14-15,22H,2-3,9-13H2,1H3. The highest BCUT2D eigenvalue weighted by atomic mass is 35.5. The van der Waals surface area contributed by atoms with E-state index in [4.69, 9.17) is 11.6 Å². The quantitative estimate of drug-likeness (QED) is 0.781. The van der Waals surface area contributed by atoms with Crippen molar-refractivity contribution in [1.82, 2.24) is 9.88 Å². The van der Waals surface area contributed by atoms with Gasteiger partial charge in [0, 0.05) is 43.4 Å². The van der Waals surface area contributed by atoms with Crippen LogP contribution < -0.4 is 10.2 Å². The molecule has 3 rings (SSSR count). The Balaban J connectivity index is 1.54. The number of halogens is 1. The SMILES string of the molecule is CCCCNc1ccc(C(=O)N2CCN(c3cccc(Cl)c3)CC2)nc1. The Hall–Kier alpha value is -2.27. The molecule has 1 aliphatic heterocycles. The fourth-order valence-electron chi connectivity index (χ4n) is 3.04. The fraction of sp³-hybridized carbons (Fsp3) is 0.400. The molecule has 1 aliphatic rings. The Morgan fingerprint density at radius 2 is 2.00 bits per heavy atom. The van der Waals surface area contributed by atoms with E-state index in [1.807, 2.05) is 29.2 Å². The van der Waals surface area contributed by atoms with Gasteiger partial charge in [-0.2, -0.15) is 0 Å².